The van der Waals surface area contributed by atoms with E-state index in [9.17, 15) is 8.42 Å². The molecule has 0 spiro atoms. The fourth-order valence-electron chi connectivity index (χ4n) is 3.67. The van der Waals surface area contributed by atoms with Crippen LogP contribution in [0.25, 0.3) is 4.91 Å². The van der Waals surface area contributed by atoms with Crippen molar-refractivity contribution in [3.8, 4) is 0 Å². The Morgan fingerprint density at radius 1 is 1.08 bits per heavy atom. The molecule has 3 atom stereocenters. The minimum absolute atomic E-state index is 0.193. The van der Waals surface area contributed by atoms with Crippen LogP contribution in [-0.2, 0) is 10.0 Å². The molecular formula is C19H26N2O2S. The largest absolute Gasteiger partial charge is 0.264 e. The van der Waals surface area contributed by atoms with Gasteiger partial charge in [-0.05, 0) is 37.7 Å². The predicted molar refractivity (Wildman–Crippen MR) is 99.2 cm³/mol. The van der Waals surface area contributed by atoms with Crippen molar-refractivity contribution in [1.82, 2.24) is 4.72 Å². The summed E-state index contributed by atoms with van der Waals surface area (Å²) in [7, 11) is -3.53. The molecule has 1 heterocycles. The van der Waals surface area contributed by atoms with E-state index in [0.29, 0.717) is 22.6 Å². The summed E-state index contributed by atoms with van der Waals surface area (Å²) in [5.41, 5.74) is 2.56. The molecule has 4 nitrogen and oxygen atoms in total. The summed E-state index contributed by atoms with van der Waals surface area (Å²) in [6.45, 7) is 8.33. The maximum Gasteiger partial charge on any atom is 0.264 e. The molecule has 1 aromatic carbocycles. The lowest BCUT2D eigenvalue weighted by atomic mass is 9.78. The molecule has 2 aliphatic rings. The molecule has 1 N–H and O–H groups in total. The standard InChI is InChI=1S/C19H26N2O2S/c1-12-8-10-16(11-9-12)18-15(4)19(21-24(18,22)23)20-17-7-5-6-13(2)14(17)3/h8-11,13-14,17H,5-7H2,1-4H3,(H,20,21). The molecule has 0 amide bonds. The fourth-order valence-corrected chi connectivity index (χ4v) is 5.17. The molecular weight excluding hydrogens is 320 g/mol. The highest BCUT2D eigenvalue weighted by Gasteiger charge is 2.34. The maximum atomic E-state index is 12.6. The smallest absolute Gasteiger partial charge is 0.264 e. The van der Waals surface area contributed by atoms with Crippen molar-refractivity contribution in [3.05, 3.63) is 41.0 Å². The van der Waals surface area contributed by atoms with Gasteiger partial charge in [-0.3, -0.25) is 9.71 Å². The quantitative estimate of drug-likeness (QED) is 0.883. The Morgan fingerprint density at radius 2 is 1.75 bits per heavy atom. The molecule has 24 heavy (non-hydrogen) atoms. The molecule has 1 fully saturated rings. The number of sulfonamides is 1. The average molecular weight is 346 g/mol. The van der Waals surface area contributed by atoms with E-state index >= 15 is 0 Å². The highest BCUT2D eigenvalue weighted by molar-refractivity contribution is 8.00. The summed E-state index contributed by atoms with van der Waals surface area (Å²) >= 11 is 0. The van der Waals surface area contributed by atoms with Gasteiger partial charge in [-0.15, -0.1) is 0 Å². The van der Waals surface area contributed by atoms with E-state index in [1.165, 1.54) is 6.42 Å². The summed E-state index contributed by atoms with van der Waals surface area (Å²) in [5.74, 6) is 1.63. The van der Waals surface area contributed by atoms with E-state index in [-0.39, 0.29) is 6.04 Å². The summed E-state index contributed by atoms with van der Waals surface area (Å²) < 4.78 is 27.9. The second kappa shape index (κ2) is 6.36. The molecule has 0 radical (unpaired) electrons. The third-order valence-electron chi connectivity index (χ3n) is 5.47. The number of hydrogen-bond acceptors (Lipinski definition) is 3. The summed E-state index contributed by atoms with van der Waals surface area (Å²) in [6.07, 6.45) is 3.43. The Hall–Kier alpha value is -1.62. The summed E-state index contributed by atoms with van der Waals surface area (Å²) in [6, 6.07) is 7.79. The van der Waals surface area contributed by atoms with Crippen molar-refractivity contribution in [1.29, 1.82) is 0 Å². The molecule has 1 saturated carbocycles. The molecule has 0 aromatic heterocycles. The lowest BCUT2D eigenvalue weighted by Gasteiger charge is -2.31. The highest BCUT2D eigenvalue weighted by atomic mass is 32.2. The molecule has 3 rings (SSSR count). The number of rotatable bonds is 2. The van der Waals surface area contributed by atoms with E-state index in [4.69, 9.17) is 4.99 Å². The lowest BCUT2D eigenvalue weighted by molar-refractivity contribution is 0.241. The number of nitrogens with one attached hydrogen (secondary N) is 1. The maximum absolute atomic E-state index is 12.6. The number of nitrogens with zero attached hydrogens (tertiary/aromatic N) is 1. The van der Waals surface area contributed by atoms with Crippen molar-refractivity contribution in [2.45, 2.75) is 53.0 Å². The van der Waals surface area contributed by atoms with Gasteiger partial charge >= 0.3 is 0 Å². The monoisotopic (exact) mass is 346 g/mol. The number of benzene rings is 1. The zero-order chi connectivity index (χ0) is 17.5. The van der Waals surface area contributed by atoms with Gasteiger partial charge in [0.2, 0.25) is 0 Å². The Morgan fingerprint density at radius 3 is 2.42 bits per heavy atom. The van der Waals surface area contributed by atoms with Gasteiger partial charge in [0.25, 0.3) is 10.0 Å². The Balaban J connectivity index is 1.99. The fraction of sp³-hybridized carbons (Fsp3) is 0.526. The molecule has 0 bridgehead atoms. The van der Waals surface area contributed by atoms with Crippen LogP contribution in [-0.4, -0.2) is 20.3 Å². The predicted octanol–water partition coefficient (Wildman–Crippen LogP) is 3.88. The van der Waals surface area contributed by atoms with Crippen LogP contribution < -0.4 is 4.72 Å². The molecule has 130 valence electrons. The van der Waals surface area contributed by atoms with Crippen molar-refractivity contribution in [2.75, 3.05) is 0 Å². The third kappa shape index (κ3) is 3.14. The first-order chi connectivity index (χ1) is 11.3. The van der Waals surface area contributed by atoms with Crippen LogP contribution in [0.3, 0.4) is 0 Å². The van der Waals surface area contributed by atoms with Crippen molar-refractivity contribution < 1.29 is 8.42 Å². The Labute approximate surface area is 145 Å². The highest BCUT2D eigenvalue weighted by Crippen LogP contribution is 2.34. The number of aliphatic imine (C=N–C) groups is 1. The van der Waals surface area contributed by atoms with Gasteiger partial charge in [0.05, 0.1) is 6.04 Å². The Bertz CT molecular complexity index is 791. The van der Waals surface area contributed by atoms with Gasteiger partial charge in [-0.25, -0.2) is 8.42 Å². The number of amidine groups is 1. The topological polar surface area (TPSA) is 58.5 Å². The minimum Gasteiger partial charge on any atom is -0.264 e. The minimum atomic E-state index is -3.53. The van der Waals surface area contributed by atoms with Crippen LogP contribution in [0, 0.1) is 18.8 Å². The van der Waals surface area contributed by atoms with Crippen LogP contribution in [0.15, 0.2) is 34.8 Å². The first-order valence-electron chi connectivity index (χ1n) is 8.68. The molecule has 0 saturated heterocycles. The van der Waals surface area contributed by atoms with Crippen LogP contribution >= 0.6 is 0 Å². The second-order valence-electron chi connectivity index (χ2n) is 7.24. The molecule has 3 unspecified atom stereocenters. The van der Waals surface area contributed by atoms with E-state index in [0.717, 1.165) is 29.5 Å². The van der Waals surface area contributed by atoms with Crippen molar-refractivity contribution >= 4 is 20.8 Å². The molecule has 1 aromatic rings. The SMILES string of the molecule is CC1=C(c2ccc(C)cc2)S(=O)(=O)NC1=NC1CCCC(C)C1C. The van der Waals surface area contributed by atoms with Gasteiger partial charge in [-0.1, -0.05) is 56.5 Å². The van der Waals surface area contributed by atoms with Gasteiger partial charge in [-0.2, -0.15) is 0 Å². The van der Waals surface area contributed by atoms with Crippen LogP contribution in [0.2, 0.25) is 0 Å². The van der Waals surface area contributed by atoms with Gasteiger partial charge < -0.3 is 0 Å². The first-order valence-corrected chi connectivity index (χ1v) is 10.2. The zero-order valence-electron chi connectivity index (χ0n) is 14.8. The van der Waals surface area contributed by atoms with E-state index in [1.54, 1.807) is 0 Å². The van der Waals surface area contributed by atoms with Gasteiger partial charge in [0.1, 0.15) is 10.7 Å². The van der Waals surface area contributed by atoms with E-state index < -0.39 is 10.0 Å². The number of aryl methyl sites for hydroxylation is 1. The molecule has 1 aliphatic carbocycles. The first kappa shape index (κ1) is 17.2. The van der Waals surface area contributed by atoms with Crippen LogP contribution in [0.5, 0.6) is 0 Å². The van der Waals surface area contributed by atoms with Crippen LogP contribution in [0.4, 0.5) is 0 Å². The average Bonchev–Trinajstić information content (AvgIpc) is 2.74. The van der Waals surface area contributed by atoms with E-state index in [2.05, 4.69) is 18.6 Å². The van der Waals surface area contributed by atoms with Crippen molar-refractivity contribution in [3.63, 3.8) is 0 Å². The lowest BCUT2D eigenvalue weighted by Crippen LogP contribution is -2.31. The zero-order valence-corrected chi connectivity index (χ0v) is 15.7. The van der Waals surface area contributed by atoms with Crippen LogP contribution in [0.1, 0.15) is 51.2 Å². The van der Waals surface area contributed by atoms with E-state index in [1.807, 2.05) is 38.1 Å². The molecule has 1 aliphatic heterocycles. The van der Waals surface area contributed by atoms with Crippen molar-refractivity contribution in [2.24, 2.45) is 16.8 Å². The summed E-state index contributed by atoms with van der Waals surface area (Å²) in [5, 5.41) is 0. The van der Waals surface area contributed by atoms with Gasteiger partial charge in [0.15, 0.2) is 0 Å². The normalized spacial score (nSPS) is 31.3. The molecule has 5 heteroatoms. The Kier molecular flexibility index (Phi) is 4.56. The summed E-state index contributed by atoms with van der Waals surface area (Å²) in [4.78, 5) is 5.16. The second-order valence-corrected chi connectivity index (χ2v) is 8.86. The van der Waals surface area contributed by atoms with Gasteiger partial charge in [0, 0.05) is 5.57 Å². The third-order valence-corrected chi connectivity index (χ3v) is 7.01. The number of hydrogen-bond donors (Lipinski definition) is 1.